The third-order valence-electron chi connectivity index (χ3n) is 5.68. The second-order valence-corrected chi connectivity index (χ2v) is 8.83. The molecule has 0 bridgehead atoms. The lowest BCUT2D eigenvalue weighted by molar-refractivity contribution is -0.146. The van der Waals surface area contributed by atoms with Crippen LogP contribution in [0.3, 0.4) is 0 Å². The second kappa shape index (κ2) is 12.6. The number of thioether (sulfide) groups is 1. The zero-order valence-electron chi connectivity index (χ0n) is 19.1. The van der Waals surface area contributed by atoms with Crippen LogP contribution in [-0.4, -0.2) is 36.5 Å². The van der Waals surface area contributed by atoms with E-state index in [-0.39, 0.29) is 12.5 Å². The van der Waals surface area contributed by atoms with Crippen LogP contribution in [0.15, 0.2) is 91.0 Å². The number of nitrogens with one attached hydrogen (secondary N) is 1. The molecular weight excluding hydrogens is 444 g/mol. The Morgan fingerprint density at radius 3 is 1.97 bits per heavy atom. The number of rotatable bonds is 11. The molecule has 1 atom stereocenters. The zero-order chi connectivity index (χ0) is 24.2. The fourth-order valence-electron chi connectivity index (χ4n) is 3.81. The minimum atomic E-state index is -0.954. The van der Waals surface area contributed by atoms with Crippen LogP contribution in [0.1, 0.15) is 34.3 Å². The van der Waals surface area contributed by atoms with Crippen molar-refractivity contribution in [2.75, 3.05) is 18.6 Å². The number of esters is 1. The average molecular weight is 473 g/mol. The first-order valence-electron chi connectivity index (χ1n) is 11.1. The summed E-state index contributed by atoms with van der Waals surface area (Å²) in [7, 11) is 0. The lowest BCUT2D eigenvalue weighted by Gasteiger charge is -2.28. The number of hydrogen-bond acceptors (Lipinski definition) is 5. The van der Waals surface area contributed by atoms with Gasteiger partial charge in [-0.3, -0.25) is 4.79 Å². The van der Waals surface area contributed by atoms with Gasteiger partial charge < -0.3 is 10.1 Å². The molecule has 3 aromatic carbocycles. The standard InChI is InChI=1S/C28H28N2O3S/c1-34-20-17-25(30-26(31)22-11-5-2-6-12-22)27(32)33-19-18-28(21-29,23-13-7-3-8-14-23)24-15-9-4-10-16-24/h2-16,25H,17-20H2,1H3,(H,30,31)/t25-/m0/s1. The van der Waals surface area contributed by atoms with E-state index in [1.54, 1.807) is 36.0 Å². The molecule has 0 aliphatic heterocycles. The van der Waals surface area contributed by atoms with E-state index in [9.17, 15) is 14.9 Å². The maximum Gasteiger partial charge on any atom is 0.328 e. The van der Waals surface area contributed by atoms with Crippen molar-refractivity contribution in [1.29, 1.82) is 5.26 Å². The summed E-state index contributed by atoms with van der Waals surface area (Å²) in [5.74, 6) is -0.111. The van der Waals surface area contributed by atoms with Crippen LogP contribution in [0.5, 0.6) is 0 Å². The number of ether oxygens (including phenoxy) is 1. The molecule has 0 saturated carbocycles. The Morgan fingerprint density at radius 1 is 0.941 bits per heavy atom. The summed E-state index contributed by atoms with van der Waals surface area (Å²) < 4.78 is 5.62. The smallest absolute Gasteiger partial charge is 0.328 e. The minimum Gasteiger partial charge on any atom is -0.464 e. The Kier molecular flexibility index (Phi) is 9.30. The van der Waals surface area contributed by atoms with Crippen LogP contribution >= 0.6 is 11.8 Å². The molecule has 0 radical (unpaired) electrons. The van der Waals surface area contributed by atoms with Gasteiger partial charge in [-0.2, -0.15) is 17.0 Å². The van der Waals surface area contributed by atoms with E-state index >= 15 is 0 Å². The summed E-state index contributed by atoms with van der Waals surface area (Å²) in [6, 6.07) is 29.6. The fraction of sp³-hybridized carbons (Fsp3) is 0.250. The molecule has 0 fully saturated rings. The Bertz CT molecular complexity index is 1060. The number of benzene rings is 3. The highest BCUT2D eigenvalue weighted by Crippen LogP contribution is 2.35. The highest BCUT2D eigenvalue weighted by molar-refractivity contribution is 7.98. The lowest BCUT2D eigenvalue weighted by Crippen LogP contribution is -2.42. The largest absolute Gasteiger partial charge is 0.464 e. The lowest BCUT2D eigenvalue weighted by atomic mass is 9.73. The van der Waals surface area contributed by atoms with Crippen LogP contribution < -0.4 is 5.32 Å². The summed E-state index contributed by atoms with van der Waals surface area (Å²) in [4.78, 5) is 25.5. The number of hydrogen-bond donors (Lipinski definition) is 1. The van der Waals surface area contributed by atoms with Gasteiger partial charge in [-0.25, -0.2) is 4.79 Å². The molecule has 174 valence electrons. The van der Waals surface area contributed by atoms with E-state index < -0.39 is 17.4 Å². The Balaban J connectivity index is 1.73. The summed E-state index contributed by atoms with van der Waals surface area (Å²) >= 11 is 1.59. The van der Waals surface area contributed by atoms with Crippen LogP contribution in [0.4, 0.5) is 0 Å². The van der Waals surface area contributed by atoms with Gasteiger partial charge in [-0.1, -0.05) is 78.9 Å². The summed E-state index contributed by atoms with van der Waals surface area (Å²) in [6.07, 6.45) is 2.70. The quantitative estimate of drug-likeness (QED) is 0.398. The summed E-state index contributed by atoms with van der Waals surface area (Å²) in [5, 5.41) is 13.1. The molecule has 1 N–H and O–H groups in total. The monoisotopic (exact) mass is 472 g/mol. The topological polar surface area (TPSA) is 79.2 Å². The van der Waals surface area contributed by atoms with Gasteiger partial charge in [0, 0.05) is 12.0 Å². The van der Waals surface area contributed by atoms with E-state index in [2.05, 4.69) is 11.4 Å². The van der Waals surface area contributed by atoms with Gasteiger partial charge in [0.1, 0.15) is 11.5 Å². The van der Waals surface area contributed by atoms with Gasteiger partial charge in [0.05, 0.1) is 12.7 Å². The molecule has 34 heavy (non-hydrogen) atoms. The minimum absolute atomic E-state index is 0.0488. The van der Waals surface area contributed by atoms with E-state index in [4.69, 9.17) is 4.74 Å². The van der Waals surface area contributed by atoms with Gasteiger partial charge in [-0.15, -0.1) is 0 Å². The van der Waals surface area contributed by atoms with Crippen LogP contribution in [0.2, 0.25) is 0 Å². The van der Waals surface area contributed by atoms with E-state index in [0.29, 0.717) is 24.2 Å². The number of nitrogens with zero attached hydrogens (tertiary/aromatic N) is 1. The normalized spacial score (nSPS) is 11.8. The molecular formula is C28H28N2O3S. The molecule has 0 heterocycles. The molecule has 0 aromatic heterocycles. The van der Waals surface area contributed by atoms with Crippen molar-refractivity contribution >= 4 is 23.6 Å². The summed E-state index contributed by atoms with van der Waals surface area (Å²) in [6.45, 7) is 0.0488. The van der Waals surface area contributed by atoms with Crippen LogP contribution in [0, 0.1) is 11.3 Å². The van der Waals surface area contributed by atoms with Crippen molar-refractivity contribution in [2.24, 2.45) is 0 Å². The number of amides is 1. The number of carbonyl (C=O) groups excluding carboxylic acids is 2. The summed E-state index contributed by atoms with van der Waals surface area (Å²) in [5.41, 5.74) is 1.22. The third-order valence-corrected chi connectivity index (χ3v) is 6.33. The molecule has 0 aliphatic rings. The third kappa shape index (κ3) is 6.27. The molecule has 0 spiro atoms. The first-order valence-corrected chi connectivity index (χ1v) is 12.5. The molecule has 3 aromatic rings. The number of nitriles is 1. The maximum atomic E-state index is 12.9. The molecule has 3 rings (SSSR count). The van der Waals surface area contributed by atoms with Crippen molar-refractivity contribution in [3.05, 3.63) is 108 Å². The Labute approximate surface area is 205 Å². The van der Waals surface area contributed by atoms with Gasteiger partial charge in [0.25, 0.3) is 5.91 Å². The SMILES string of the molecule is CSCC[C@H](NC(=O)c1ccccc1)C(=O)OCCC(C#N)(c1ccccc1)c1ccccc1. The predicted molar refractivity (Wildman–Crippen MR) is 136 cm³/mol. The second-order valence-electron chi connectivity index (χ2n) is 7.84. The van der Waals surface area contributed by atoms with Gasteiger partial charge in [0.2, 0.25) is 0 Å². The fourth-order valence-corrected chi connectivity index (χ4v) is 4.28. The highest BCUT2D eigenvalue weighted by atomic mass is 32.2. The predicted octanol–water partition coefficient (Wildman–Crippen LogP) is 4.98. The molecule has 5 nitrogen and oxygen atoms in total. The van der Waals surface area contributed by atoms with Crippen molar-refractivity contribution in [1.82, 2.24) is 5.32 Å². The zero-order valence-corrected chi connectivity index (χ0v) is 20.0. The van der Waals surface area contributed by atoms with Gasteiger partial charge in [0.15, 0.2) is 0 Å². The molecule has 0 unspecified atom stereocenters. The Hall–Kier alpha value is -3.56. The average Bonchev–Trinajstić information content (AvgIpc) is 2.90. The maximum absolute atomic E-state index is 12.9. The van der Waals surface area contributed by atoms with Crippen LogP contribution in [-0.2, 0) is 14.9 Å². The van der Waals surface area contributed by atoms with Crippen molar-refractivity contribution in [2.45, 2.75) is 24.3 Å². The molecule has 6 heteroatoms. The van der Waals surface area contributed by atoms with Crippen molar-refractivity contribution in [3.8, 4) is 6.07 Å². The van der Waals surface area contributed by atoms with Gasteiger partial charge >= 0.3 is 5.97 Å². The first-order chi connectivity index (χ1) is 16.6. The van der Waals surface area contributed by atoms with E-state index in [1.807, 2.05) is 73.0 Å². The molecule has 0 saturated heterocycles. The highest BCUT2D eigenvalue weighted by Gasteiger charge is 2.35. The van der Waals surface area contributed by atoms with Crippen LogP contribution in [0.25, 0.3) is 0 Å². The molecule has 0 aliphatic carbocycles. The van der Waals surface area contributed by atoms with E-state index in [1.165, 1.54) is 0 Å². The molecule has 1 amide bonds. The van der Waals surface area contributed by atoms with Crippen molar-refractivity contribution < 1.29 is 14.3 Å². The Morgan fingerprint density at radius 2 is 1.47 bits per heavy atom. The van der Waals surface area contributed by atoms with Crippen molar-refractivity contribution in [3.63, 3.8) is 0 Å². The number of carbonyl (C=O) groups is 2. The van der Waals surface area contributed by atoms with E-state index in [0.717, 1.165) is 11.1 Å². The first kappa shape index (κ1) is 25.1. The van der Waals surface area contributed by atoms with Gasteiger partial charge in [-0.05, 0) is 41.7 Å².